The van der Waals surface area contributed by atoms with Crippen molar-refractivity contribution in [1.82, 2.24) is 0 Å². The van der Waals surface area contributed by atoms with Gasteiger partial charge in [-0.25, -0.2) is 0 Å². The van der Waals surface area contributed by atoms with Gasteiger partial charge in [0.05, 0.1) is 12.2 Å². The van der Waals surface area contributed by atoms with Gasteiger partial charge < -0.3 is 9.84 Å². The number of terminal acetylenes is 1. The molecule has 0 spiro atoms. The van der Waals surface area contributed by atoms with E-state index >= 15 is 0 Å². The van der Waals surface area contributed by atoms with E-state index in [2.05, 4.69) is 5.92 Å². The van der Waals surface area contributed by atoms with Gasteiger partial charge in [-0.2, -0.15) is 0 Å². The lowest BCUT2D eigenvalue weighted by molar-refractivity contribution is -0.0666. The molecule has 72 valence electrons. The van der Waals surface area contributed by atoms with Crippen LogP contribution in [0.15, 0.2) is 0 Å². The Bertz CT molecular complexity index is 227. The van der Waals surface area contributed by atoms with Gasteiger partial charge in [0.2, 0.25) is 0 Å². The number of rotatable bonds is 2. The molecule has 1 aliphatic carbocycles. The average molecular weight is 180 g/mol. The summed E-state index contributed by atoms with van der Waals surface area (Å²) in [6.07, 6.45) is 10.3. The molecule has 1 saturated heterocycles. The number of ether oxygens (including phenoxy) is 1. The van der Waals surface area contributed by atoms with E-state index in [9.17, 15) is 5.11 Å². The van der Waals surface area contributed by atoms with Gasteiger partial charge >= 0.3 is 0 Å². The minimum absolute atomic E-state index is 0.0751. The van der Waals surface area contributed by atoms with E-state index in [1.165, 1.54) is 6.42 Å². The third-order valence-electron chi connectivity index (χ3n) is 3.34. The fourth-order valence-electron chi connectivity index (χ4n) is 2.43. The molecule has 13 heavy (non-hydrogen) atoms. The molecule has 0 aromatic heterocycles. The lowest BCUT2D eigenvalue weighted by Gasteiger charge is -2.38. The van der Waals surface area contributed by atoms with E-state index < -0.39 is 5.60 Å². The zero-order chi connectivity index (χ0) is 9.31. The van der Waals surface area contributed by atoms with E-state index in [0.717, 1.165) is 25.9 Å². The van der Waals surface area contributed by atoms with Crippen LogP contribution < -0.4 is 0 Å². The third kappa shape index (κ3) is 1.59. The van der Waals surface area contributed by atoms with Gasteiger partial charge in [-0.15, -0.1) is 12.3 Å². The molecule has 1 aliphatic heterocycles. The number of aliphatic hydroxyl groups is 1. The molecular formula is C11H16O2. The van der Waals surface area contributed by atoms with Crippen LogP contribution in [0.4, 0.5) is 0 Å². The minimum Gasteiger partial charge on any atom is -0.387 e. The number of hydrogen-bond donors (Lipinski definition) is 1. The first-order valence-electron chi connectivity index (χ1n) is 5.05. The summed E-state index contributed by atoms with van der Waals surface area (Å²) in [6, 6.07) is 0. The van der Waals surface area contributed by atoms with Gasteiger partial charge in [-0.1, -0.05) is 12.8 Å². The molecule has 2 nitrogen and oxygen atoms in total. The van der Waals surface area contributed by atoms with Crippen LogP contribution in [0.5, 0.6) is 0 Å². The molecule has 0 bridgehead atoms. The minimum atomic E-state index is -0.607. The second kappa shape index (κ2) is 3.32. The van der Waals surface area contributed by atoms with Crippen LogP contribution in [0, 0.1) is 18.3 Å². The molecule has 2 heteroatoms. The Morgan fingerprint density at radius 2 is 2.31 bits per heavy atom. The molecule has 2 rings (SSSR count). The van der Waals surface area contributed by atoms with Gasteiger partial charge in [-0.05, 0) is 12.8 Å². The Kier molecular flexibility index (Phi) is 2.31. The Morgan fingerprint density at radius 3 is 2.92 bits per heavy atom. The van der Waals surface area contributed by atoms with Crippen molar-refractivity contribution in [3.8, 4) is 12.3 Å². The van der Waals surface area contributed by atoms with Crippen LogP contribution in [0.2, 0.25) is 0 Å². The van der Waals surface area contributed by atoms with Gasteiger partial charge in [0.25, 0.3) is 0 Å². The van der Waals surface area contributed by atoms with Crippen LogP contribution in [0.25, 0.3) is 0 Å². The molecule has 1 saturated carbocycles. The van der Waals surface area contributed by atoms with Crippen molar-refractivity contribution in [1.29, 1.82) is 0 Å². The summed E-state index contributed by atoms with van der Waals surface area (Å²) < 4.78 is 5.21. The predicted molar refractivity (Wildman–Crippen MR) is 50.1 cm³/mol. The Hall–Kier alpha value is -0.520. The predicted octanol–water partition coefficient (Wildman–Crippen LogP) is 1.33. The highest BCUT2D eigenvalue weighted by atomic mass is 16.6. The van der Waals surface area contributed by atoms with Crippen LogP contribution in [0.1, 0.15) is 32.1 Å². The fourth-order valence-corrected chi connectivity index (χ4v) is 2.43. The van der Waals surface area contributed by atoms with Crippen LogP contribution in [-0.2, 0) is 4.74 Å². The van der Waals surface area contributed by atoms with Crippen molar-refractivity contribution in [3.05, 3.63) is 0 Å². The Morgan fingerprint density at radius 1 is 1.54 bits per heavy atom. The molecule has 0 amide bonds. The second-order valence-corrected chi connectivity index (χ2v) is 4.16. The molecular weight excluding hydrogens is 164 g/mol. The number of hydrogen-bond acceptors (Lipinski definition) is 2. The van der Waals surface area contributed by atoms with Crippen LogP contribution in [0.3, 0.4) is 0 Å². The van der Waals surface area contributed by atoms with E-state index in [-0.39, 0.29) is 12.0 Å². The first kappa shape index (κ1) is 9.05. The number of epoxide rings is 1. The first-order chi connectivity index (χ1) is 6.27. The van der Waals surface area contributed by atoms with Crippen molar-refractivity contribution in [2.24, 2.45) is 5.92 Å². The average Bonchev–Trinajstić information content (AvgIpc) is 2.92. The Labute approximate surface area is 79.3 Å². The summed E-state index contributed by atoms with van der Waals surface area (Å²) in [5.41, 5.74) is -0.607. The molecule has 0 unspecified atom stereocenters. The van der Waals surface area contributed by atoms with E-state index in [0.29, 0.717) is 6.42 Å². The molecule has 0 aromatic rings. The van der Waals surface area contributed by atoms with E-state index in [4.69, 9.17) is 11.2 Å². The molecule has 2 fully saturated rings. The van der Waals surface area contributed by atoms with Gasteiger partial charge in [0.15, 0.2) is 0 Å². The normalized spacial score (nSPS) is 44.0. The zero-order valence-electron chi connectivity index (χ0n) is 7.83. The van der Waals surface area contributed by atoms with Crippen molar-refractivity contribution in [2.45, 2.75) is 43.8 Å². The van der Waals surface area contributed by atoms with Crippen molar-refractivity contribution >= 4 is 0 Å². The quantitative estimate of drug-likeness (QED) is 0.513. The highest BCUT2D eigenvalue weighted by Crippen LogP contribution is 2.42. The SMILES string of the molecule is C#CC[C@@H]1CCCC[C@]1(O)[C@H]1CO1. The molecule has 2 aliphatic rings. The summed E-state index contributed by atoms with van der Waals surface area (Å²) in [4.78, 5) is 0. The van der Waals surface area contributed by atoms with Crippen LogP contribution >= 0.6 is 0 Å². The van der Waals surface area contributed by atoms with Gasteiger partial charge in [-0.3, -0.25) is 0 Å². The summed E-state index contributed by atoms with van der Waals surface area (Å²) in [5, 5.41) is 10.4. The van der Waals surface area contributed by atoms with Crippen molar-refractivity contribution in [3.63, 3.8) is 0 Å². The topological polar surface area (TPSA) is 32.8 Å². The largest absolute Gasteiger partial charge is 0.387 e. The van der Waals surface area contributed by atoms with Crippen molar-refractivity contribution < 1.29 is 9.84 Å². The highest BCUT2D eigenvalue weighted by Gasteiger charge is 2.51. The summed E-state index contributed by atoms with van der Waals surface area (Å²) in [7, 11) is 0. The van der Waals surface area contributed by atoms with Gasteiger partial charge in [0.1, 0.15) is 6.10 Å². The van der Waals surface area contributed by atoms with Crippen molar-refractivity contribution in [2.75, 3.05) is 6.61 Å². The maximum Gasteiger partial charge on any atom is 0.110 e. The monoisotopic (exact) mass is 180 g/mol. The standard InChI is InChI=1S/C11H16O2/c1-2-5-9-6-3-4-7-11(9,12)10-8-13-10/h1,9-10,12H,3-8H2/t9-,10-,11-/m1/s1. The Balaban J connectivity index is 2.07. The maximum absolute atomic E-state index is 10.4. The highest BCUT2D eigenvalue weighted by molar-refractivity contribution is 5.04. The lowest BCUT2D eigenvalue weighted by atomic mass is 9.72. The molecule has 1 heterocycles. The van der Waals surface area contributed by atoms with Gasteiger partial charge in [0, 0.05) is 12.3 Å². The summed E-state index contributed by atoms with van der Waals surface area (Å²) >= 11 is 0. The third-order valence-corrected chi connectivity index (χ3v) is 3.34. The first-order valence-corrected chi connectivity index (χ1v) is 5.05. The molecule has 3 atom stereocenters. The maximum atomic E-state index is 10.4. The molecule has 0 aromatic carbocycles. The molecule has 0 radical (unpaired) electrons. The van der Waals surface area contributed by atoms with Crippen LogP contribution in [-0.4, -0.2) is 23.4 Å². The van der Waals surface area contributed by atoms with E-state index in [1.807, 2.05) is 0 Å². The molecule has 1 N–H and O–H groups in total. The summed E-state index contributed by atoms with van der Waals surface area (Å²) in [6.45, 7) is 0.720. The second-order valence-electron chi connectivity index (χ2n) is 4.16. The fraction of sp³-hybridized carbons (Fsp3) is 0.818. The van der Waals surface area contributed by atoms with E-state index in [1.54, 1.807) is 0 Å². The zero-order valence-corrected chi connectivity index (χ0v) is 7.83. The lowest BCUT2D eigenvalue weighted by Crippen LogP contribution is -2.45. The summed E-state index contributed by atoms with van der Waals surface area (Å²) in [5.74, 6) is 2.92. The smallest absolute Gasteiger partial charge is 0.110 e.